The molecule has 4 rings (SSSR count). The topological polar surface area (TPSA) is 94.1 Å². The number of carbonyl (C=O) groups excluding carboxylic acids is 1. The van der Waals surface area contributed by atoms with Gasteiger partial charge in [0.15, 0.2) is 11.5 Å². The maximum absolute atomic E-state index is 12.4. The number of amides is 1. The fourth-order valence-electron chi connectivity index (χ4n) is 3.60. The lowest BCUT2D eigenvalue weighted by molar-refractivity contribution is -0.116. The quantitative estimate of drug-likeness (QED) is 0.436. The zero-order valence-electron chi connectivity index (χ0n) is 18.5. The van der Waals surface area contributed by atoms with E-state index in [0.29, 0.717) is 18.0 Å². The van der Waals surface area contributed by atoms with E-state index in [-0.39, 0.29) is 5.91 Å². The number of hydrogen-bond donors (Lipinski definition) is 2. The van der Waals surface area contributed by atoms with Gasteiger partial charge in [-0.25, -0.2) is 4.98 Å². The van der Waals surface area contributed by atoms with Crippen LogP contribution in [0, 0.1) is 6.92 Å². The Labute approximate surface area is 185 Å². The molecule has 8 nitrogen and oxygen atoms in total. The Bertz CT molecular complexity index is 1300. The highest BCUT2D eigenvalue weighted by molar-refractivity contribution is 5.96. The molecule has 0 bridgehead atoms. The fraction of sp³-hybridized carbons (Fsp3) is 0.208. The molecule has 0 spiro atoms. The van der Waals surface area contributed by atoms with Crippen molar-refractivity contribution in [3.8, 4) is 22.6 Å². The molecule has 0 saturated carbocycles. The summed E-state index contributed by atoms with van der Waals surface area (Å²) in [5, 5.41) is 8.23. The second-order valence-corrected chi connectivity index (χ2v) is 7.41. The summed E-state index contributed by atoms with van der Waals surface area (Å²) in [6, 6.07) is 7.61. The molecule has 1 aromatic carbocycles. The lowest BCUT2D eigenvalue weighted by atomic mass is 10.1. The minimum atomic E-state index is -0.193. The summed E-state index contributed by atoms with van der Waals surface area (Å²) in [5.41, 5.74) is 5.52. The summed E-state index contributed by atoms with van der Waals surface area (Å²) in [6.45, 7) is 2.35. The zero-order valence-corrected chi connectivity index (χ0v) is 18.5. The van der Waals surface area contributed by atoms with Gasteiger partial charge in [-0.05, 0) is 36.8 Å². The van der Waals surface area contributed by atoms with Gasteiger partial charge in [0.1, 0.15) is 5.65 Å². The first-order valence-corrected chi connectivity index (χ1v) is 10.1. The van der Waals surface area contributed by atoms with E-state index in [1.54, 1.807) is 25.0 Å². The summed E-state index contributed by atoms with van der Waals surface area (Å²) in [6.07, 6.45) is 8.94. The van der Waals surface area contributed by atoms with Crippen LogP contribution in [0.25, 0.3) is 28.2 Å². The second kappa shape index (κ2) is 8.97. The molecule has 32 heavy (non-hydrogen) atoms. The Morgan fingerprint density at radius 3 is 2.75 bits per heavy atom. The normalized spacial score (nSPS) is 11.2. The van der Waals surface area contributed by atoms with E-state index in [4.69, 9.17) is 9.47 Å². The molecular formula is C24H25N5O3. The Morgan fingerprint density at radius 1 is 1.22 bits per heavy atom. The van der Waals surface area contributed by atoms with Crippen LogP contribution < -0.4 is 14.8 Å². The van der Waals surface area contributed by atoms with E-state index in [1.165, 1.54) is 6.08 Å². The van der Waals surface area contributed by atoms with Crippen molar-refractivity contribution in [2.24, 2.45) is 7.05 Å². The number of hydrogen-bond acceptors (Lipinski definition) is 5. The number of ether oxygens (including phenoxy) is 2. The van der Waals surface area contributed by atoms with E-state index in [9.17, 15) is 4.79 Å². The smallest absolute Gasteiger partial charge is 0.244 e. The van der Waals surface area contributed by atoms with Crippen molar-refractivity contribution in [2.45, 2.75) is 13.5 Å². The SMILES string of the molecule is COc1ccc(CNC(=O)/C=C/c2c[nH]c3ncc(-c4cn(C)nc4C)cc23)cc1OC. The van der Waals surface area contributed by atoms with Crippen LogP contribution in [-0.4, -0.2) is 39.9 Å². The number of rotatable bonds is 7. The number of nitrogens with one attached hydrogen (secondary N) is 2. The van der Waals surface area contributed by atoms with Crippen molar-refractivity contribution in [2.75, 3.05) is 14.2 Å². The molecular weight excluding hydrogens is 406 g/mol. The van der Waals surface area contributed by atoms with E-state index in [0.717, 1.165) is 39.0 Å². The maximum Gasteiger partial charge on any atom is 0.244 e. The number of H-pyrrole nitrogens is 1. The lowest BCUT2D eigenvalue weighted by Gasteiger charge is -2.09. The Hall–Kier alpha value is -4.07. The molecule has 1 amide bonds. The average molecular weight is 431 g/mol. The number of methoxy groups -OCH3 is 2. The number of aryl methyl sites for hydroxylation is 2. The minimum absolute atomic E-state index is 0.193. The molecule has 3 aromatic heterocycles. The van der Waals surface area contributed by atoms with Crippen LogP contribution in [0.2, 0.25) is 0 Å². The zero-order chi connectivity index (χ0) is 22.7. The van der Waals surface area contributed by atoms with Crippen molar-refractivity contribution >= 4 is 23.0 Å². The van der Waals surface area contributed by atoms with Gasteiger partial charge in [0, 0.05) is 60.3 Å². The standard InChI is InChI=1S/C24H25N5O3/c1-15-20(14-29(2)28-15)18-10-19-17(12-26-24(19)27-13-18)6-8-23(30)25-11-16-5-7-21(31-3)22(9-16)32-4/h5-10,12-14H,11H2,1-4H3,(H,25,30)(H,26,27)/b8-6+. The molecule has 0 atom stereocenters. The largest absolute Gasteiger partial charge is 0.493 e. The Balaban J connectivity index is 1.48. The van der Waals surface area contributed by atoms with Gasteiger partial charge in [0.25, 0.3) is 0 Å². The van der Waals surface area contributed by atoms with E-state index < -0.39 is 0 Å². The van der Waals surface area contributed by atoms with Gasteiger partial charge in [0.2, 0.25) is 5.91 Å². The van der Waals surface area contributed by atoms with Gasteiger partial charge < -0.3 is 19.8 Å². The molecule has 0 fully saturated rings. The van der Waals surface area contributed by atoms with Crippen LogP contribution in [0.3, 0.4) is 0 Å². The summed E-state index contributed by atoms with van der Waals surface area (Å²) >= 11 is 0. The number of fused-ring (bicyclic) bond motifs is 1. The number of pyridine rings is 1. The number of nitrogens with zero attached hydrogens (tertiary/aromatic N) is 3. The average Bonchev–Trinajstić information content (AvgIpc) is 3.37. The first-order chi connectivity index (χ1) is 15.5. The number of aromatic amines is 1. The highest BCUT2D eigenvalue weighted by atomic mass is 16.5. The third kappa shape index (κ3) is 4.34. The molecule has 3 heterocycles. The first-order valence-electron chi connectivity index (χ1n) is 10.1. The van der Waals surface area contributed by atoms with Crippen molar-refractivity contribution in [1.29, 1.82) is 0 Å². The van der Waals surface area contributed by atoms with Crippen molar-refractivity contribution in [3.63, 3.8) is 0 Å². The van der Waals surface area contributed by atoms with E-state index in [2.05, 4.69) is 26.4 Å². The molecule has 2 N–H and O–H groups in total. The molecule has 164 valence electrons. The van der Waals surface area contributed by atoms with Gasteiger partial charge in [-0.3, -0.25) is 9.48 Å². The summed E-state index contributed by atoms with van der Waals surface area (Å²) < 4.78 is 12.3. The van der Waals surface area contributed by atoms with Crippen LogP contribution >= 0.6 is 0 Å². The van der Waals surface area contributed by atoms with Gasteiger partial charge in [-0.1, -0.05) is 6.07 Å². The van der Waals surface area contributed by atoms with Crippen LogP contribution in [0.1, 0.15) is 16.8 Å². The lowest BCUT2D eigenvalue weighted by Crippen LogP contribution is -2.20. The fourth-order valence-corrected chi connectivity index (χ4v) is 3.60. The third-order valence-electron chi connectivity index (χ3n) is 5.22. The third-order valence-corrected chi connectivity index (χ3v) is 5.22. The molecule has 0 aliphatic heterocycles. The van der Waals surface area contributed by atoms with Crippen molar-refractivity contribution < 1.29 is 14.3 Å². The number of aromatic nitrogens is 4. The van der Waals surface area contributed by atoms with Gasteiger partial charge in [-0.15, -0.1) is 0 Å². The molecule has 4 aromatic rings. The molecule has 0 radical (unpaired) electrons. The first kappa shape index (κ1) is 21.2. The van der Waals surface area contributed by atoms with Crippen LogP contribution in [0.15, 0.2) is 48.9 Å². The van der Waals surface area contributed by atoms with Gasteiger partial charge in [-0.2, -0.15) is 5.10 Å². The summed E-state index contributed by atoms with van der Waals surface area (Å²) in [4.78, 5) is 20.0. The van der Waals surface area contributed by atoms with E-state index >= 15 is 0 Å². The second-order valence-electron chi connectivity index (χ2n) is 7.41. The van der Waals surface area contributed by atoms with Gasteiger partial charge in [0.05, 0.1) is 19.9 Å². The Morgan fingerprint density at radius 2 is 2.03 bits per heavy atom. The summed E-state index contributed by atoms with van der Waals surface area (Å²) in [5.74, 6) is 1.08. The number of benzene rings is 1. The Kier molecular flexibility index (Phi) is 5.93. The highest BCUT2D eigenvalue weighted by Crippen LogP contribution is 2.28. The van der Waals surface area contributed by atoms with E-state index in [1.807, 2.05) is 50.8 Å². The van der Waals surface area contributed by atoms with Crippen LogP contribution in [0.5, 0.6) is 11.5 Å². The van der Waals surface area contributed by atoms with Gasteiger partial charge >= 0.3 is 0 Å². The maximum atomic E-state index is 12.4. The minimum Gasteiger partial charge on any atom is -0.493 e. The highest BCUT2D eigenvalue weighted by Gasteiger charge is 2.10. The van der Waals surface area contributed by atoms with Crippen LogP contribution in [-0.2, 0) is 18.4 Å². The molecule has 0 aliphatic carbocycles. The summed E-state index contributed by atoms with van der Waals surface area (Å²) in [7, 11) is 5.07. The molecule has 0 aliphatic rings. The molecule has 0 saturated heterocycles. The monoisotopic (exact) mass is 431 g/mol. The van der Waals surface area contributed by atoms with Crippen molar-refractivity contribution in [3.05, 3.63) is 65.8 Å². The predicted octanol–water partition coefficient (Wildman–Crippen LogP) is 3.62. The van der Waals surface area contributed by atoms with Crippen molar-refractivity contribution in [1.82, 2.24) is 25.1 Å². The predicted molar refractivity (Wildman–Crippen MR) is 123 cm³/mol. The molecule has 8 heteroatoms. The van der Waals surface area contributed by atoms with Crippen LogP contribution in [0.4, 0.5) is 0 Å². The molecule has 0 unspecified atom stereocenters. The number of carbonyl (C=O) groups is 1.